The van der Waals surface area contributed by atoms with E-state index in [1.54, 1.807) is 24.4 Å². The number of sulfonamides is 1. The number of benzene rings is 1. The Hall–Kier alpha value is -2.83. The van der Waals surface area contributed by atoms with Crippen LogP contribution in [0.4, 0.5) is 5.13 Å². The minimum atomic E-state index is -3.78. The molecule has 0 radical (unpaired) electrons. The predicted molar refractivity (Wildman–Crippen MR) is 85.1 cm³/mol. The van der Waals surface area contributed by atoms with E-state index in [2.05, 4.69) is 19.1 Å². The minimum absolute atomic E-state index is 0.0473. The molecule has 3 aromatic rings. The Morgan fingerprint density at radius 3 is 2.57 bits per heavy atom. The number of rotatable bonds is 4. The number of aromatic nitrogens is 3. The number of hydrogen-bond acceptors (Lipinski definition) is 7. The summed E-state index contributed by atoms with van der Waals surface area (Å²) in [6, 6.07) is 12.8. The van der Waals surface area contributed by atoms with Crippen LogP contribution in [0.3, 0.4) is 0 Å². The molecule has 2 aromatic heterocycles. The highest BCUT2D eigenvalue weighted by Gasteiger charge is 2.17. The molecule has 3 rings (SSSR count). The van der Waals surface area contributed by atoms with Gasteiger partial charge in [0, 0.05) is 17.7 Å². The van der Waals surface area contributed by atoms with Crippen molar-refractivity contribution in [1.29, 1.82) is 5.26 Å². The van der Waals surface area contributed by atoms with Gasteiger partial charge in [0.15, 0.2) is 5.82 Å². The van der Waals surface area contributed by atoms with E-state index in [0.29, 0.717) is 17.1 Å². The van der Waals surface area contributed by atoms with Gasteiger partial charge in [0.25, 0.3) is 10.0 Å². The Morgan fingerprint density at radius 2 is 1.91 bits per heavy atom. The second kappa shape index (κ2) is 6.12. The second-order valence-electron chi connectivity index (χ2n) is 4.38. The van der Waals surface area contributed by atoms with Gasteiger partial charge in [0.2, 0.25) is 5.13 Å². The number of nitrogens with one attached hydrogen (secondary N) is 1. The Kier molecular flexibility index (Phi) is 4.01. The molecule has 0 aliphatic heterocycles. The lowest BCUT2D eigenvalue weighted by molar-refractivity contribution is 0.601. The van der Waals surface area contributed by atoms with Gasteiger partial charge in [-0.05, 0) is 36.4 Å². The summed E-state index contributed by atoms with van der Waals surface area (Å²) in [5.74, 6) is 0.355. The highest BCUT2D eigenvalue weighted by atomic mass is 32.2. The molecule has 2 heterocycles. The van der Waals surface area contributed by atoms with Gasteiger partial charge in [-0.1, -0.05) is 6.07 Å². The molecule has 0 spiro atoms. The van der Waals surface area contributed by atoms with Crippen molar-refractivity contribution in [3.63, 3.8) is 0 Å². The first-order valence-corrected chi connectivity index (χ1v) is 8.62. The smallest absolute Gasteiger partial charge is 0.253 e. The van der Waals surface area contributed by atoms with Gasteiger partial charge in [-0.15, -0.1) is 0 Å². The third-order valence-corrected chi connectivity index (χ3v) is 4.95. The first-order chi connectivity index (χ1) is 11.1. The molecule has 114 valence electrons. The van der Waals surface area contributed by atoms with Crippen LogP contribution in [-0.2, 0) is 10.0 Å². The summed E-state index contributed by atoms with van der Waals surface area (Å²) in [6.45, 7) is 0. The fourth-order valence-corrected chi connectivity index (χ4v) is 3.55. The lowest BCUT2D eigenvalue weighted by atomic mass is 10.2. The largest absolute Gasteiger partial charge is 0.263 e. The zero-order chi connectivity index (χ0) is 16.3. The summed E-state index contributed by atoms with van der Waals surface area (Å²) in [5, 5.41) is 8.89. The molecule has 23 heavy (non-hydrogen) atoms. The van der Waals surface area contributed by atoms with Crippen LogP contribution in [0.25, 0.3) is 11.5 Å². The van der Waals surface area contributed by atoms with Crippen molar-refractivity contribution in [2.24, 2.45) is 0 Å². The number of nitrogens with zero attached hydrogens (tertiary/aromatic N) is 4. The first kappa shape index (κ1) is 15.1. The molecule has 0 amide bonds. The lowest BCUT2D eigenvalue weighted by Gasteiger charge is -2.04. The molecular formula is C14H9N5O2S2. The molecule has 0 atom stereocenters. The number of pyridine rings is 1. The lowest BCUT2D eigenvalue weighted by Crippen LogP contribution is -2.12. The van der Waals surface area contributed by atoms with Crippen LogP contribution in [0.5, 0.6) is 0 Å². The summed E-state index contributed by atoms with van der Waals surface area (Å²) in [5.41, 5.74) is 0.949. The van der Waals surface area contributed by atoms with E-state index in [1.165, 1.54) is 24.3 Å². The Labute approximate surface area is 136 Å². The zero-order valence-corrected chi connectivity index (χ0v) is 13.2. The highest BCUT2D eigenvalue weighted by molar-refractivity contribution is 7.93. The van der Waals surface area contributed by atoms with Crippen molar-refractivity contribution < 1.29 is 8.42 Å². The van der Waals surface area contributed by atoms with Crippen molar-refractivity contribution in [2.75, 3.05) is 4.72 Å². The van der Waals surface area contributed by atoms with Gasteiger partial charge in [-0.2, -0.15) is 14.6 Å². The van der Waals surface area contributed by atoms with Crippen LogP contribution in [0.1, 0.15) is 5.56 Å². The summed E-state index contributed by atoms with van der Waals surface area (Å²) < 4.78 is 31.0. The van der Waals surface area contributed by atoms with Gasteiger partial charge < -0.3 is 0 Å². The fourth-order valence-electron chi connectivity index (χ4n) is 1.75. The predicted octanol–water partition coefficient (Wildman–Crippen LogP) is 2.27. The second-order valence-corrected chi connectivity index (χ2v) is 6.81. The third-order valence-electron chi connectivity index (χ3n) is 2.84. The molecule has 0 aliphatic carbocycles. The summed E-state index contributed by atoms with van der Waals surface area (Å²) in [4.78, 5) is 8.28. The van der Waals surface area contributed by atoms with E-state index in [9.17, 15) is 8.42 Å². The average Bonchev–Trinajstić information content (AvgIpc) is 3.03. The molecule has 1 aromatic carbocycles. The van der Waals surface area contributed by atoms with Gasteiger partial charge in [-0.3, -0.25) is 9.71 Å². The van der Waals surface area contributed by atoms with E-state index in [0.717, 1.165) is 11.5 Å². The maximum absolute atomic E-state index is 12.3. The zero-order valence-electron chi connectivity index (χ0n) is 11.5. The van der Waals surface area contributed by atoms with Crippen LogP contribution in [0.2, 0.25) is 0 Å². The topological polar surface area (TPSA) is 109 Å². The van der Waals surface area contributed by atoms with Gasteiger partial charge in [-0.25, -0.2) is 8.42 Å². The van der Waals surface area contributed by atoms with E-state index in [-0.39, 0.29) is 10.0 Å². The van der Waals surface area contributed by atoms with Crippen LogP contribution in [0, 0.1) is 11.3 Å². The Bertz CT molecular complexity index is 960. The molecule has 0 unspecified atom stereocenters. The van der Waals surface area contributed by atoms with Crippen molar-refractivity contribution in [3.8, 4) is 17.6 Å². The maximum atomic E-state index is 12.3. The fraction of sp³-hybridized carbons (Fsp3) is 0. The maximum Gasteiger partial charge on any atom is 0.263 e. The molecular weight excluding hydrogens is 334 g/mol. The summed E-state index contributed by atoms with van der Waals surface area (Å²) >= 11 is 0.930. The molecule has 0 saturated carbocycles. The highest BCUT2D eigenvalue weighted by Crippen LogP contribution is 2.22. The normalized spacial score (nSPS) is 10.9. The Balaban J connectivity index is 1.84. The van der Waals surface area contributed by atoms with E-state index >= 15 is 0 Å². The molecule has 0 saturated heterocycles. The molecule has 1 N–H and O–H groups in total. The van der Waals surface area contributed by atoms with Gasteiger partial charge in [0.1, 0.15) is 5.69 Å². The molecule has 9 heteroatoms. The van der Waals surface area contributed by atoms with Gasteiger partial charge in [0.05, 0.1) is 16.5 Å². The number of nitriles is 1. The monoisotopic (exact) mass is 343 g/mol. The summed E-state index contributed by atoms with van der Waals surface area (Å²) in [7, 11) is -3.78. The molecule has 0 aliphatic rings. The molecule has 0 bridgehead atoms. The Morgan fingerprint density at radius 1 is 1.13 bits per heavy atom. The van der Waals surface area contributed by atoms with Crippen LogP contribution < -0.4 is 4.72 Å². The third kappa shape index (κ3) is 3.33. The van der Waals surface area contributed by atoms with E-state index in [1.807, 2.05) is 6.07 Å². The standard InChI is InChI=1S/C14H9N5O2S2/c15-9-10-4-6-11(7-5-10)23(20,21)19-14-17-13(18-22-14)12-3-1-2-8-16-12/h1-8H,(H,17,18,19). The van der Waals surface area contributed by atoms with E-state index in [4.69, 9.17) is 5.26 Å². The van der Waals surface area contributed by atoms with Crippen LogP contribution >= 0.6 is 11.5 Å². The van der Waals surface area contributed by atoms with Crippen molar-refractivity contribution in [1.82, 2.24) is 14.3 Å². The van der Waals surface area contributed by atoms with Crippen LogP contribution in [-0.4, -0.2) is 22.8 Å². The van der Waals surface area contributed by atoms with E-state index < -0.39 is 10.0 Å². The van der Waals surface area contributed by atoms with Crippen LogP contribution in [0.15, 0.2) is 53.6 Å². The van der Waals surface area contributed by atoms with Crippen molar-refractivity contribution in [3.05, 3.63) is 54.2 Å². The SMILES string of the molecule is N#Cc1ccc(S(=O)(=O)Nc2nc(-c3ccccn3)ns2)cc1. The quantitative estimate of drug-likeness (QED) is 0.778. The first-order valence-electron chi connectivity index (χ1n) is 6.36. The summed E-state index contributed by atoms with van der Waals surface area (Å²) in [6.07, 6.45) is 1.61. The minimum Gasteiger partial charge on any atom is -0.253 e. The number of anilines is 1. The number of hydrogen-bond donors (Lipinski definition) is 1. The van der Waals surface area contributed by atoms with Crippen molar-refractivity contribution >= 4 is 26.7 Å². The molecule has 0 fully saturated rings. The average molecular weight is 343 g/mol. The van der Waals surface area contributed by atoms with Gasteiger partial charge >= 0.3 is 0 Å². The van der Waals surface area contributed by atoms with Crippen molar-refractivity contribution in [2.45, 2.75) is 4.90 Å². The molecule has 7 nitrogen and oxygen atoms in total.